The summed E-state index contributed by atoms with van der Waals surface area (Å²) in [4.78, 5) is 24.8. The maximum Gasteiger partial charge on any atom is 0.234 e. The standard InChI is InChI=1S/C24H27N5O3S/c1-4-14-29-21(15-22(30)25-19-10-12-20(13-11-19)32-5-2)27-28-24(29)33-16-23(31)26-18-8-6-17(3)7-9-18/h4,6-13H,1,5,14-16H2,2-3H3,(H,25,30)(H,26,31). The van der Waals surface area contributed by atoms with Gasteiger partial charge in [0.2, 0.25) is 11.8 Å². The van der Waals surface area contributed by atoms with Gasteiger partial charge in [-0.1, -0.05) is 35.5 Å². The quantitative estimate of drug-likeness (QED) is 0.327. The number of hydrogen-bond acceptors (Lipinski definition) is 6. The first-order valence-corrected chi connectivity index (χ1v) is 11.5. The molecule has 1 heterocycles. The van der Waals surface area contributed by atoms with E-state index in [-0.39, 0.29) is 24.0 Å². The molecule has 0 radical (unpaired) electrons. The van der Waals surface area contributed by atoms with Gasteiger partial charge in [-0.25, -0.2) is 0 Å². The third kappa shape index (κ3) is 7.21. The number of anilines is 2. The molecule has 9 heteroatoms. The molecule has 0 aliphatic rings. The Balaban J connectivity index is 1.58. The second-order valence-corrected chi connectivity index (χ2v) is 8.13. The summed E-state index contributed by atoms with van der Waals surface area (Å²) in [5.74, 6) is 1.05. The molecule has 0 saturated heterocycles. The van der Waals surface area contributed by atoms with Gasteiger partial charge in [-0.3, -0.25) is 9.59 Å². The summed E-state index contributed by atoms with van der Waals surface area (Å²) in [6, 6.07) is 14.8. The second kappa shape index (κ2) is 11.9. The SMILES string of the molecule is C=CCn1c(CC(=O)Nc2ccc(OCC)cc2)nnc1SCC(=O)Nc1ccc(C)cc1. The summed E-state index contributed by atoms with van der Waals surface area (Å²) in [5.41, 5.74) is 2.53. The first-order valence-electron chi connectivity index (χ1n) is 10.5. The van der Waals surface area contributed by atoms with Gasteiger partial charge in [-0.2, -0.15) is 0 Å². The van der Waals surface area contributed by atoms with Crippen LogP contribution in [-0.2, 0) is 22.6 Å². The Hall–Kier alpha value is -3.59. The van der Waals surface area contributed by atoms with Gasteiger partial charge in [-0.05, 0) is 50.2 Å². The summed E-state index contributed by atoms with van der Waals surface area (Å²) >= 11 is 1.26. The Morgan fingerprint density at radius 2 is 1.67 bits per heavy atom. The van der Waals surface area contributed by atoms with Gasteiger partial charge >= 0.3 is 0 Å². The zero-order chi connectivity index (χ0) is 23.6. The van der Waals surface area contributed by atoms with Crippen LogP contribution in [0.25, 0.3) is 0 Å². The van der Waals surface area contributed by atoms with Crippen molar-refractivity contribution in [3.05, 3.63) is 72.6 Å². The maximum absolute atomic E-state index is 12.5. The van der Waals surface area contributed by atoms with Crippen molar-refractivity contribution >= 4 is 35.0 Å². The van der Waals surface area contributed by atoms with E-state index in [1.165, 1.54) is 11.8 Å². The molecule has 2 amide bonds. The van der Waals surface area contributed by atoms with Crippen molar-refractivity contribution < 1.29 is 14.3 Å². The van der Waals surface area contributed by atoms with Crippen LogP contribution in [0.5, 0.6) is 5.75 Å². The highest BCUT2D eigenvalue weighted by molar-refractivity contribution is 7.99. The fourth-order valence-electron chi connectivity index (χ4n) is 2.98. The fraction of sp³-hybridized carbons (Fsp3) is 0.250. The van der Waals surface area contributed by atoms with Crippen molar-refractivity contribution in [1.82, 2.24) is 14.8 Å². The molecule has 0 unspecified atom stereocenters. The molecule has 33 heavy (non-hydrogen) atoms. The maximum atomic E-state index is 12.5. The minimum absolute atomic E-state index is 0.0458. The first-order chi connectivity index (χ1) is 16.0. The second-order valence-electron chi connectivity index (χ2n) is 7.18. The molecule has 0 fully saturated rings. The average Bonchev–Trinajstić information content (AvgIpc) is 3.17. The number of carbonyl (C=O) groups excluding carboxylic acids is 2. The predicted molar refractivity (Wildman–Crippen MR) is 131 cm³/mol. The molecule has 0 saturated carbocycles. The largest absolute Gasteiger partial charge is 0.494 e. The molecule has 0 bridgehead atoms. The van der Waals surface area contributed by atoms with E-state index >= 15 is 0 Å². The highest BCUT2D eigenvalue weighted by atomic mass is 32.2. The van der Waals surface area contributed by atoms with E-state index in [2.05, 4.69) is 27.4 Å². The van der Waals surface area contributed by atoms with Crippen molar-refractivity contribution in [2.45, 2.75) is 32.0 Å². The molecular formula is C24H27N5O3S. The van der Waals surface area contributed by atoms with Gasteiger partial charge in [0.05, 0.1) is 18.8 Å². The van der Waals surface area contributed by atoms with Crippen LogP contribution in [0, 0.1) is 6.92 Å². The molecule has 0 aliphatic heterocycles. The van der Waals surface area contributed by atoms with Crippen LogP contribution < -0.4 is 15.4 Å². The number of amides is 2. The average molecular weight is 466 g/mol. The van der Waals surface area contributed by atoms with E-state index in [9.17, 15) is 9.59 Å². The molecule has 0 atom stereocenters. The van der Waals surface area contributed by atoms with E-state index < -0.39 is 0 Å². The lowest BCUT2D eigenvalue weighted by molar-refractivity contribution is -0.116. The van der Waals surface area contributed by atoms with Gasteiger partial charge in [0.1, 0.15) is 11.6 Å². The molecule has 0 aliphatic carbocycles. The number of allylic oxidation sites excluding steroid dienone is 1. The summed E-state index contributed by atoms with van der Waals surface area (Å²) < 4.78 is 7.20. The Kier molecular flexibility index (Phi) is 8.65. The number of nitrogens with one attached hydrogen (secondary N) is 2. The lowest BCUT2D eigenvalue weighted by atomic mass is 10.2. The molecule has 2 aromatic carbocycles. The minimum atomic E-state index is -0.217. The van der Waals surface area contributed by atoms with E-state index in [0.29, 0.717) is 29.8 Å². The van der Waals surface area contributed by atoms with Crippen LogP contribution in [0.2, 0.25) is 0 Å². The molecule has 2 N–H and O–H groups in total. The Labute approximate surface area is 197 Å². The van der Waals surface area contributed by atoms with Gasteiger partial charge in [0, 0.05) is 17.9 Å². The van der Waals surface area contributed by atoms with Crippen LogP contribution in [0.15, 0.2) is 66.3 Å². The van der Waals surface area contributed by atoms with E-state index in [1.807, 2.05) is 38.1 Å². The highest BCUT2D eigenvalue weighted by Gasteiger charge is 2.16. The Morgan fingerprint density at radius 3 is 2.30 bits per heavy atom. The molecule has 1 aromatic heterocycles. The van der Waals surface area contributed by atoms with E-state index in [0.717, 1.165) is 17.0 Å². The Morgan fingerprint density at radius 1 is 1.03 bits per heavy atom. The van der Waals surface area contributed by atoms with Crippen LogP contribution >= 0.6 is 11.8 Å². The third-order valence-corrected chi connectivity index (χ3v) is 5.51. The summed E-state index contributed by atoms with van der Waals surface area (Å²) in [6.45, 7) is 8.69. The lowest BCUT2D eigenvalue weighted by Crippen LogP contribution is -2.18. The van der Waals surface area contributed by atoms with Crippen molar-refractivity contribution in [3.8, 4) is 5.75 Å². The fourth-order valence-corrected chi connectivity index (χ4v) is 3.75. The van der Waals surface area contributed by atoms with Gasteiger partial charge in [0.15, 0.2) is 5.16 Å². The zero-order valence-corrected chi connectivity index (χ0v) is 19.5. The normalized spacial score (nSPS) is 10.5. The summed E-state index contributed by atoms with van der Waals surface area (Å²) in [7, 11) is 0. The van der Waals surface area contributed by atoms with Gasteiger partial charge in [0.25, 0.3) is 0 Å². The molecule has 3 rings (SSSR count). The predicted octanol–water partition coefficient (Wildman–Crippen LogP) is 4.08. The molecule has 3 aromatic rings. The van der Waals surface area contributed by atoms with Crippen molar-refractivity contribution in [1.29, 1.82) is 0 Å². The van der Waals surface area contributed by atoms with Gasteiger partial charge < -0.3 is 19.9 Å². The van der Waals surface area contributed by atoms with Crippen molar-refractivity contribution in [2.75, 3.05) is 23.0 Å². The number of nitrogens with zero attached hydrogens (tertiary/aromatic N) is 3. The molecule has 8 nitrogen and oxygen atoms in total. The number of carbonyl (C=O) groups is 2. The first kappa shape index (κ1) is 24.1. The van der Waals surface area contributed by atoms with Crippen LogP contribution in [0.4, 0.5) is 11.4 Å². The number of aryl methyl sites for hydroxylation is 1. The molecule has 172 valence electrons. The zero-order valence-electron chi connectivity index (χ0n) is 18.7. The van der Waals surface area contributed by atoms with Crippen molar-refractivity contribution in [3.63, 3.8) is 0 Å². The van der Waals surface area contributed by atoms with Crippen LogP contribution in [0.1, 0.15) is 18.3 Å². The van der Waals surface area contributed by atoms with Gasteiger partial charge in [-0.15, -0.1) is 16.8 Å². The number of thioether (sulfide) groups is 1. The minimum Gasteiger partial charge on any atom is -0.494 e. The number of aromatic nitrogens is 3. The van der Waals surface area contributed by atoms with Crippen molar-refractivity contribution in [2.24, 2.45) is 0 Å². The van der Waals surface area contributed by atoms with E-state index in [4.69, 9.17) is 4.74 Å². The third-order valence-electron chi connectivity index (χ3n) is 4.54. The number of rotatable bonds is 11. The Bertz CT molecular complexity index is 1090. The highest BCUT2D eigenvalue weighted by Crippen LogP contribution is 2.20. The molecular weight excluding hydrogens is 438 g/mol. The smallest absolute Gasteiger partial charge is 0.234 e. The van der Waals surface area contributed by atoms with E-state index in [1.54, 1.807) is 34.9 Å². The topological polar surface area (TPSA) is 98.1 Å². The number of hydrogen-bond donors (Lipinski definition) is 2. The lowest BCUT2D eigenvalue weighted by Gasteiger charge is -2.09. The number of ether oxygens (including phenoxy) is 1. The summed E-state index contributed by atoms with van der Waals surface area (Å²) in [5, 5.41) is 14.6. The molecule has 0 spiro atoms. The monoisotopic (exact) mass is 465 g/mol. The number of benzene rings is 2. The summed E-state index contributed by atoms with van der Waals surface area (Å²) in [6.07, 6.45) is 1.75. The van der Waals surface area contributed by atoms with Crippen LogP contribution in [0.3, 0.4) is 0 Å². The van der Waals surface area contributed by atoms with Crippen LogP contribution in [-0.4, -0.2) is 38.9 Å².